The second-order valence-corrected chi connectivity index (χ2v) is 5.38. The van der Waals surface area contributed by atoms with Crippen molar-refractivity contribution in [3.05, 3.63) is 5.28 Å². The molecule has 0 bridgehead atoms. The molecule has 0 aliphatic carbocycles. The second-order valence-electron chi connectivity index (χ2n) is 5.04. The van der Waals surface area contributed by atoms with Gasteiger partial charge in [0.1, 0.15) is 0 Å². The first-order valence-corrected chi connectivity index (χ1v) is 7.17. The first-order chi connectivity index (χ1) is 9.85. The van der Waals surface area contributed by atoms with Crippen molar-refractivity contribution < 1.29 is 13.2 Å². The molecule has 5 nitrogen and oxygen atoms in total. The lowest BCUT2D eigenvalue weighted by Gasteiger charge is -2.27. The Kier molecular flexibility index (Phi) is 5.08. The van der Waals surface area contributed by atoms with E-state index in [1.165, 1.54) is 11.9 Å². The van der Waals surface area contributed by atoms with Gasteiger partial charge in [-0.3, -0.25) is 0 Å². The fourth-order valence-corrected chi connectivity index (χ4v) is 2.28. The highest BCUT2D eigenvalue weighted by Gasteiger charge is 2.28. The van der Waals surface area contributed by atoms with Gasteiger partial charge in [0, 0.05) is 26.7 Å². The summed E-state index contributed by atoms with van der Waals surface area (Å²) in [4.78, 5) is 15.5. The molecule has 0 unspecified atom stereocenters. The molecular formula is C12H17ClF3N5. The average Bonchev–Trinajstić information content (AvgIpc) is 2.44. The van der Waals surface area contributed by atoms with Crippen molar-refractivity contribution in [2.24, 2.45) is 0 Å². The minimum Gasteiger partial charge on any atom is -0.343 e. The molecule has 1 fully saturated rings. The van der Waals surface area contributed by atoms with Crippen LogP contribution in [0.5, 0.6) is 0 Å². The van der Waals surface area contributed by atoms with Crippen LogP contribution in [0.3, 0.4) is 0 Å². The van der Waals surface area contributed by atoms with Crippen LogP contribution >= 0.6 is 11.6 Å². The number of hydrogen-bond donors (Lipinski definition) is 0. The third kappa shape index (κ3) is 4.87. The Labute approximate surface area is 126 Å². The monoisotopic (exact) mass is 323 g/mol. The maximum Gasteiger partial charge on any atom is 0.390 e. The Bertz CT molecular complexity index is 476. The van der Waals surface area contributed by atoms with E-state index in [-0.39, 0.29) is 17.8 Å². The van der Waals surface area contributed by atoms with Gasteiger partial charge in [-0.1, -0.05) is 0 Å². The molecule has 2 rings (SSSR count). The maximum absolute atomic E-state index is 12.3. The third-order valence-corrected chi connectivity index (χ3v) is 3.46. The predicted molar refractivity (Wildman–Crippen MR) is 74.8 cm³/mol. The van der Waals surface area contributed by atoms with Gasteiger partial charge in [0.25, 0.3) is 0 Å². The lowest BCUT2D eigenvalue weighted by atomic mass is 10.1. The molecule has 0 saturated carbocycles. The normalized spacial score (nSPS) is 16.1. The largest absolute Gasteiger partial charge is 0.390 e. The summed E-state index contributed by atoms with van der Waals surface area (Å²) in [6.45, 7) is 1.43. The Balaban J connectivity index is 2.10. The van der Waals surface area contributed by atoms with Crippen LogP contribution in [-0.2, 0) is 0 Å². The van der Waals surface area contributed by atoms with Crippen molar-refractivity contribution in [3.63, 3.8) is 0 Å². The molecule has 1 aromatic heterocycles. The van der Waals surface area contributed by atoms with E-state index in [9.17, 15) is 13.2 Å². The number of hydrogen-bond acceptors (Lipinski definition) is 5. The van der Waals surface area contributed by atoms with E-state index in [0.717, 1.165) is 32.4 Å². The molecule has 0 aromatic carbocycles. The van der Waals surface area contributed by atoms with Crippen LogP contribution in [0.4, 0.5) is 25.1 Å². The van der Waals surface area contributed by atoms with Crippen molar-refractivity contribution >= 4 is 23.5 Å². The highest BCUT2D eigenvalue weighted by Crippen LogP contribution is 2.22. The number of nitrogens with zero attached hydrogens (tertiary/aromatic N) is 5. The van der Waals surface area contributed by atoms with Gasteiger partial charge >= 0.3 is 6.18 Å². The Morgan fingerprint density at radius 1 is 1.14 bits per heavy atom. The number of alkyl halides is 3. The molecule has 0 amide bonds. The fourth-order valence-electron chi connectivity index (χ4n) is 2.13. The maximum atomic E-state index is 12.3. The summed E-state index contributed by atoms with van der Waals surface area (Å²) in [6, 6.07) is 0. The standard InChI is InChI=1S/C12H17ClF3N5/c1-20(8-5-12(14,15)16)10-17-9(13)18-11(19-10)21-6-3-2-4-7-21/h2-8H2,1H3. The average molecular weight is 324 g/mol. The molecule has 0 radical (unpaired) electrons. The highest BCUT2D eigenvalue weighted by molar-refractivity contribution is 6.28. The van der Waals surface area contributed by atoms with Crippen LogP contribution in [0.2, 0.25) is 5.28 Å². The van der Waals surface area contributed by atoms with E-state index in [1.807, 2.05) is 4.90 Å². The van der Waals surface area contributed by atoms with E-state index < -0.39 is 12.6 Å². The quantitative estimate of drug-likeness (QED) is 0.852. The lowest BCUT2D eigenvalue weighted by Crippen LogP contribution is -2.32. The van der Waals surface area contributed by atoms with Crippen molar-refractivity contribution in [1.29, 1.82) is 0 Å². The van der Waals surface area contributed by atoms with E-state index in [0.29, 0.717) is 5.95 Å². The van der Waals surface area contributed by atoms with Gasteiger partial charge in [-0.15, -0.1) is 0 Å². The number of anilines is 2. The van der Waals surface area contributed by atoms with E-state index in [1.54, 1.807) is 0 Å². The number of aromatic nitrogens is 3. The van der Waals surface area contributed by atoms with Gasteiger partial charge in [0.2, 0.25) is 17.2 Å². The van der Waals surface area contributed by atoms with Gasteiger partial charge in [0.05, 0.1) is 6.42 Å². The van der Waals surface area contributed by atoms with Crippen molar-refractivity contribution in [2.45, 2.75) is 31.9 Å². The van der Waals surface area contributed by atoms with Crippen molar-refractivity contribution in [1.82, 2.24) is 15.0 Å². The number of halogens is 4. The summed E-state index contributed by atoms with van der Waals surface area (Å²) in [7, 11) is 1.51. The first-order valence-electron chi connectivity index (χ1n) is 6.79. The zero-order valence-corrected chi connectivity index (χ0v) is 12.5. The van der Waals surface area contributed by atoms with E-state index in [4.69, 9.17) is 11.6 Å². The number of rotatable bonds is 4. The molecule has 2 heterocycles. The van der Waals surface area contributed by atoms with Crippen LogP contribution in [0.1, 0.15) is 25.7 Å². The van der Waals surface area contributed by atoms with Crippen LogP contribution in [0.25, 0.3) is 0 Å². The molecule has 21 heavy (non-hydrogen) atoms. The zero-order chi connectivity index (χ0) is 15.5. The predicted octanol–water partition coefficient (Wildman–Crippen LogP) is 2.90. The Morgan fingerprint density at radius 3 is 2.43 bits per heavy atom. The third-order valence-electron chi connectivity index (χ3n) is 3.30. The molecule has 0 spiro atoms. The zero-order valence-electron chi connectivity index (χ0n) is 11.7. The highest BCUT2D eigenvalue weighted by atomic mass is 35.5. The molecule has 0 N–H and O–H groups in total. The summed E-state index contributed by atoms with van der Waals surface area (Å²) in [5.41, 5.74) is 0. The van der Waals surface area contributed by atoms with Crippen LogP contribution in [0, 0.1) is 0 Å². The van der Waals surface area contributed by atoms with Crippen LogP contribution in [-0.4, -0.2) is 47.8 Å². The van der Waals surface area contributed by atoms with Gasteiger partial charge in [-0.25, -0.2) is 0 Å². The smallest absolute Gasteiger partial charge is 0.343 e. The second kappa shape index (κ2) is 6.64. The molecule has 0 atom stereocenters. The van der Waals surface area contributed by atoms with Crippen LogP contribution < -0.4 is 9.80 Å². The summed E-state index contributed by atoms with van der Waals surface area (Å²) in [6.07, 6.45) is -1.88. The molecule has 118 valence electrons. The molecule has 1 aliphatic rings. The minimum atomic E-state index is -4.21. The molecule has 1 aromatic rings. The van der Waals surface area contributed by atoms with Crippen LogP contribution in [0.15, 0.2) is 0 Å². The van der Waals surface area contributed by atoms with Crippen molar-refractivity contribution in [3.8, 4) is 0 Å². The van der Waals surface area contributed by atoms with Gasteiger partial charge in [-0.2, -0.15) is 28.1 Å². The Morgan fingerprint density at radius 2 is 1.81 bits per heavy atom. The summed E-state index contributed by atoms with van der Waals surface area (Å²) in [5.74, 6) is 0.600. The summed E-state index contributed by atoms with van der Waals surface area (Å²) >= 11 is 5.87. The number of piperidine rings is 1. The van der Waals surface area contributed by atoms with Crippen molar-refractivity contribution in [2.75, 3.05) is 36.5 Å². The van der Waals surface area contributed by atoms with Gasteiger partial charge in [-0.05, 0) is 30.9 Å². The topological polar surface area (TPSA) is 45.2 Å². The summed E-state index contributed by atoms with van der Waals surface area (Å²) < 4.78 is 36.8. The van der Waals surface area contributed by atoms with Gasteiger partial charge in [0.15, 0.2) is 0 Å². The molecule has 1 saturated heterocycles. The van der Waals surface area contributed by atoms with E-state index >= 15 is 0 Å². The fraction of sp³-hybridized carbons (Fsp3) is 0.750. The summed E-state index contributed by atoms with van der Waals surface area (Å²) in [5, 5.41) is -0.000526. The minimum absolute atomic E-state index is 0.000526. The molecule has 1 aliphatic heterocycles. The lowest BCUT2D eigenvalue weighted by molar-refractivity contribution is -0.132. The molecule has 9 heteroatoms. The first kappa shape index (κ1) is 16.1. The van der Waals surface area contributed by atoms with Gasteiger partial charge < -0.3 is 9.80 Å². The van der Waals surface area contributed by atoms with E-state index in [2.05, 4.69) is 15.0 Å². The molecular weight excluding hydrogens is 307 g/mol. The SMILES string of the molecule is CN(CCC(F)(F)F)c1nc(Cl)nc(N2CCCCC2)n1. The Hall–Kier alpha value is -1.31.